The molecule has 210 valence electrons. The van der Waals surface area contributed by atoms with Gasteiger partial charge in [0.1, 0.15) is 17.9 Å². The molecule has 1 aliphatic carbocycles. The Labute approximate surface area is 218 Å². The number of amides is 2. The molecule has 2 aromatic rings. The number of carbonyl (C=O) groups excluding carboxylic acids is 2. The Balaban J connectivity index is 1.42. The molecule has 1 saturated carbocycles. The fourth-order valence-corrected chi connectivity index (χ4v) is 4.16. The van der Waals surface area contributed by atoms with Crippen molar-refractivity contribution in [2.24, 2.45) is 7.05 Å². The fraction of sp³-hybridized carbons (Fsp3) is 0.667. The summed E-state index contributed by atoms with van der Waals surface area (Å²) in [7, 11) is 1.52. The van der Waals surface area contributed by atoms with Crippen LogP contribution in [0.25, 0.3) is 0 Å². The van der Waals surface area contributed by atoms with Gasteiger partial charge >= 0.3 is 12.5 Å². The van der Waals surface area contributed by atoms with E-state index in [1.54, 1.807) is 10.7 Å². The van der Waals surface area contributed by atoms with Gasteiger partial charge in [0.25, 0.3) is 5.91 Å². The minimum absolute atomic E-state index is 0.108. The van der Waals surface area contributed by atoms with Crippen molar-refractivity contribution in [2.45, 2.75) is 83.0 Å². The monoisotopic (exact) mass is 542 g/mol. The molecule has 0 bridgehead atoms. The van der Waals surface area contributed by atoms with E-state index in [2.05, 4.69) is 25.6 Å². The number of carbonyl (C=O) groups is 2. The van der Waals surface area contributed by atoms with E-state index in [1.807, 2.05) is 27.7 Å². The van der Waals surface area contributed by atoms with Crippen LogP contribution in [-0.2, 0) is 33.2 Å². The molecule has 2 amide bonds. The molecule has 38 heavy (non-hydrogen) atoms. The summed E-state index contributed by atoms with van der Waals surface area (Å²) < 4.78 is 55.0. The molecule has 2 aromatic heterocycles. The SMILES string of the molecule is Cn1nc(CCOC(F)(F)F)cc1C(=O)Nc1cc([C@H]2C[C@@H](OC(=O)NC3(C)CC3)CO2)n(C(C)(C)C)n1. The van der Waals surface area contributed by atoms with Gasteiger partial charge in [0.15, 0.2) is 5.82 Å². The number of aromatic nitrogens is 4. The average Bonchev–Trinajstić information content (AvgIpc) is 3.13. The van der Waals surface area contributed by atoms with E-state index in [0.29, 0.717) is 12.1 Å². The summed E-state index contributed by atoms with van der Waals surface area (Å²) in [6.45, 7) is 7.47. The summed E-state index contributed by atoms with van der Waals surface area (Å²) in [6, 6.07) is 3.11. The van der Waals surface area contributed by atoms with Gasteiger partial charge < -0.3 is 20.1 Å². The highest BCUT2D eigenvalue weighted by Crippen LogP contribution is 2.36. The van der Waals surface area contributed by atoms with Gasteiger partial charge in [-0.15, -0.1) is 13.2 Å². The average molecular weight is 543 g/mol. The highest BCUT2D eigenvalue weighted by molar-refractivity contribution is 6.02. The molecule has 0 unspecified atom stereocenters. The molecule has 0 radical (unpaired) electrons. The first-order valence-corrected chi connectivity index (χ1v) is 12.4. The summed E-state index contributed by atoms with van der Waals surface area (Å²) >= 11 is 0. The largest absolute Gasteiger partial charge is 0.522 e. The Bertz CT molecular complexity index is 1180. The number of nitrogens with one attached hydrogen (secondary N) is 2. The molecule has 2 atom stereocenters. The van der Waals surface area contributed by atoms with Crippen molar-refractivity contribution >= 4 is 17.8 Å². The highest BCUT2D eigenvalue weighted by Gasteiger charge is 2.41. The molecule has 1 aliphatic heterocycles. The van der Waals surface area contributed by atoms with Gasteiger partial charge in [-0.2, -0.15) is 10.2 Å². The minimum atomic E-state index is -4.73. The number of nitrogens with zero attached hydrogens (tertiary/aromatic N) is 4. The van der Waals surface area contributed by atoms with E-state index in [9.17, 15) is 22.8 Å². The Morgan fingerprint density at radius 3 is 2.55 bits per heavy atom. The van der Waals surface area contributed by atoms with Crippen LogP contribution in [0.1, 0.15) is 74.9 Å². The van der Waals surface area contributed by atoms with Crippen LogP contribution < -0.4 is 10.6 Å². The number of ether oxygens (including phenoxy) is 3. The lowest BCUT2D eigenvalue weighted by Crippen LogP contribution is -2.37. The Hall–Kier alpha value is -3.13. The molecular weight excluding hydrogens is 509 g/mol. The van der Waals surface area contributed by atoms with Crippen LogP contribution in [0.15, 0.2) is 12.1 Å². The van der Waals surface area contributed by atoms with E-state index in [0.717, 1.165) is 12.8 Å². The minimum Gasteiger partial charge on any atom is -0.444 e. The number of hydrogen-bond acceptors (Lipinski definition) is 7. The first kappa shape index (κ1) is 27.9. The topological polar surface area (TPSA) is 122 Å². The van der Waals surface area contributed by atoms with Crippen molar-refractivity contribution in [3.8, 4) is 0 Å². The lowest BCUT2D eigenvalue weighted by atomic mass is 10.1. The second kappa shape index (κ2) is 10.2. The summed E-state index contributed by atoms with van der Waals surface area (Å²) in [5, 5.41) is 14.2. The van der Waals surface area contributed by atoms with E-state index < -0.39 is 42.7 Å². The van der Waals surface area contributed by atoms with Gasteiger partial charge in [-0.05, 0) is 46.6 Å². The molecule has 3 heterocycles. The van der Waals surface area contributed by atoms with Gasteiger partial charge in [0.2, 0.25) is 0 Å². The second-order valence-electron chi connectivity index (χ2n) is 11.0. The van der Waals surface area contributed by atoms with Crippen LogP contribution in [0, 0.1) is 0 Å². The van der Waals surface area contributed by atoms with Gasteiger partial charge in [-0.1, -0.05) is 0 Å². The number of rotatable bonds is 8. The van der Waals surface area contributed by atoms with Crippen molar-refractivity contribution in [3.05, 3.63) is 29.2 Å². The van der Waals surface area contributed by atoms with Crippen LogP contribution >= 0.6 is 0 Å². The van der Waals surface area contributed by atoms with Crippen LogP contribution in [-0.4, -0.2) is 62.8 Å². The lowest BCUT2D eigenvalue weighted by molar-refractivity contribution is -0.324. The molecule has 0 spiro atoms. The third-order valence-electron chi connectivity index (χ3n) is 6.37. The predicted molar refractivity (Wildman–Crippen MR) is 128 cm³/mol. The molecule has 1 saturated heterocycles. The summed E-state index contributed by atoms with van der Waals surface area (Å²) in [4.78, 5) is 25.1. The van der Waals surface area contributed by atoms with Crippen molar-refractivity contribution in [1.82, 2.24) is 24.9 Å². The molecule has 2 aliphatic rings. The number of anilines is 1. The number of alkyl halides is 3. The van der Waals surface area contributed by atoms with E-state index in [-0.39, 0.29) is 35.8 Å². The number of alkyl carbamates (subject to hydrolysis) is 1. The number of hydrogen-bond donors (Lipinski definition) is 2. The zero-order chi connectivity index (χ0) is 27.9. The normalized spacial score (nSPS) is 20.8. The van der Waals surface area contributed by atoms with E-state index >= 15 is 0 Å². The van der Waals surface area contributed by atoms with Crippen LogP contribution in [0.3, 0.4) is 0 Å². The summed E-state index contributed by atoms with van der Waals surface area (Å²) in [6.07, 6.45) is -3.83. The van der Waals surface area contributed by atoms with Crippen molar-refractivity contribution in [3.63, 3.8) is 0 Å². The van der Waals surface area contributed by atoms with Crippen molar-refractivity contribution in [2.75, 3.05) is 18.5 Å². The maximum atomic E-state index is 12.9. The Kier molecular flexibility index (Phi) is 7.49. The number of aryl methyl sites for hydroxylation is 1. The first-order valence-electron chi connectivity index (χ1n) is 12.4. The fourth-order valence-electron chi connectivity index (χ4n) is 4.16. The smallest absolute Gasteiger partial charge is 0.444 e. The first-order chi connectivity index (χ1) is 17.6. The lowest BCUT2D eigenvalue weighted by Gasteiger charge is -2.24. The van der Waals surface area contributed by atoms with Gasteiger partial charge in [-0.3, -0.25) is 18.9 Å². The van der Waals surface area contributed by atoms with Crippen molar-refractivity contribution < 1.29 is 37.0 Å². The molecular formula is C24H33F3N6O5. The summed E-state index contributed by atoms with van der Waals surface area (Å²) in [5.74, 6) is -0.248. The van der Waals surface area contributed by atoms with Gasteiger partial charge in [-0.25, -0.2) is 4.79 Å². The van der Waals surface area contributed by atoms with Crippen LogP contribution in [0.5, 0.6) is 0 Å². The molecule has 14 heteroatoms. The zero-order valence-corrected chi connectivity index (χ0v) is 22.0. The Morgan fingerprint density at radius 2 is 1.92 bits per heavy atom. The van der Waals surface area contributed by atoms with Crippen molar-refractivity contribution in [1.29, 1.82) is 0 Å². The Morgan fingerprint density at radius 1 is 1.21 bits per heavy atom. The van der Waals surface area contributed by atoms with Crippen LogP contribution in [0.2, 0.25) is 0 Å². The number of halogens is 3. The standard InChI is InChI=1S/C24H33F3N6O5/c1-22(2,3)33-16(18-11-15(13-36-18)38-21(35)29-23(4)7-8-23)12-19(31-33)28-20(34)17-10-14(30-32(17)5)6-9-37-24(25,26)27/h10,12,15,18H,6-9,11,13H2,1-5H3,(H,29,35)(H,28,31,34)/t15-,18-/m1/s1. The molecule has 2 fully saturated rings. The van der Waals surface area contributed by atoms with E-state index in [1.165, 1.54) is 17.8 Å². The molecule has 4 rings (SSSR count). The predicted octanol–water partition coefficient (Wildman–Crippen LogP) is 3.81. The third-order valence-corrected chi connectivity index (χ3v) is 6.37. The maximum absolute atomic E-state index is 12.9. The third kappa shape index (κ3) is 7.04. The van der Waals surface area contributed by atoms with Gasteiger partial charge in [0.05, 0.1) is 30.1 Å². The second-order valence-corrected chi connectivity index (χ2v) is 11.0. The summed E-state index contributed by atoms with van der Waals surface area (Å²) in [5.41, 5.74) is 0.520. The molecule has 2 N–H and O–H groups in total. The quantitative estimate of drug-likeness (QED) is 0.520. The molecule has 11 nitrogen and oxygen atoms in total. The van der Waals surface area contributed by atoms with Crippen LogP contribution in [0.4, 0.5) is 23.8 Å². The van der Waals surface area contributed by atoms with E-state index in [4.69, 9.17) is 9.47 Å². The highest BCUT2D eigenvalue weighted by atomic mass is 19.4. The zero-order valence-electron chi connectivity index (χ0n) is 22.0. The maximum Gasteiger partial charge on any atom is 0.522 e. The van der Waals surface area contributed by atoms with Gasteiger partial charge in [0, 0.05) is 31.5 Å². The molecule has 0 aromatic carbocycles.